The third kappa shape index (κ3) is 4.95. The Morgan fingerprint density at radius 2 is 1.67 bits per heavy atom. The Kier molecular flexibility index (Phi) is 6.26. The highest BCUT2D eigenvalue weighted by molar-refractivity contribution is 6.05. The molecule has 1 N–H and O–H groups in total. The van der Waals surface area contributed by atoms with Crippen LogP contribution in [-0.4, -0.2) is 25.2 Å². The summed E-state index contributed by atoms with van der Waals surface area (Å²) in [5, 5.41) is 4.19. The maximum absolute atomic E-state index is 12.4. The Hall–Kier alpha value is -4.33. The zero-order valence-electron chi connectivity index (χ0n) is 18.0. The van der Waals surface area contributed by atoms with Crippen LogP contribution in [0.5, 0.6) is 11.5 Å². The van der Waals surface area contributed by atoms with Crippen molar-refractivity contribution < 1.29 is 28.2 Å². The van der Waals surface area contributed by atoms with Crippen LogP contribution in [0, 0.1) is 0 Å². The van der Waals surface area contributed by atoms with E-state index in [1.807, 2.05) is 30.3 Å². The van der Waals surface area contributed by atoms with Gasteiger partial charge in [-0.3, -0.25) is 0 Å². The third-order valence-electron chi connectivity index (χ3n) is 5.01. The van der Waals surface area contributed by atoms with Crippen LogP contribution in [0.4, 0.5) is 4.79 Å². The standard InChI is InChI=1S/C25H21NO7/c1-15(26-25(29)31-14-16-6-4-3-5-7-16)23(27)32-18-9-11-20-19-10-8-17(30-2)12-21(19)24(28)33-22(20)13-18/h3-13,15H,14H2,1-2H3,(H,26,29). The summed E-state index contributed by atoms with van der Waals surface area (Å²) in [6.07, 6.45) is -0.741. The highest BCUT2D eigenvalue weighted by Gasteiger charge is 2.19. The van der Waals surface area contributed by atoms with E-state index in [9.17, 15) is 14.4 Å². The van der Waals surface area contributed by atoms with E-state index < -0.39 is 23.7 Å². The molecule has 0 aliphatic rings. The fourth-order valence-corrected chi connectivity index (χ4v) is 3.29. The van der Waals surface area contributed by atoms with E-state index >= 15 is 0 Å². The molecule has 33 heavy (non-hydrogen) atoms. The van der Waals surface area contributed by atoms with Crippen LogP contribution in [0.25, 0.3) is 21.7 Å². The predicted molar refractivity (Wildman–Crippen MR) is 121 cm³/mol. The van der Waals surface area contributed by atoms with Gasteiger partial charge in [0.1, 0.15) is 29.7 Å². The molecule has 8 heteroatoms. The van der Waals surface area contributed by atoms with Crippen LogP contribution in [0.2, 0.25) is 0 Å². The number of carbonyl (C=O) groups excluding carboxylic acids is 2. The highest BCUT2D eigenvalue weighted by Crippen LogP contribution is 2.28. The first-order chi connectivity index (χ1) is 15.9. The molecule has 0 spiro atoms. The molecule has 4 aromatic rings. The fraction of sp³-hybridized carbons (Fsp3) is 0.160. The van der Waals surface area contributed by atoms with Gasteiger partial charge >= 0.3 is 17.7 Å². The summed E-state index contributed by atoms with van der Waals surface area (Å²) in [4.78, 5) is 36.8. The van der Waals surface area contributed by atoms with E-state index in [4.69, 9.17) is 18.6 Å². The predicted octanol–water partition coefficient (Wildman–Crippen LogP) is 4.18. The Labute approximate surface area is 188 Å². The number of methoxy groups -OCH3 is 1. The van der Waals surface area contributed by atoms with Gasteiger partial charge in [0.15, 0.2) is 0 Å². The van der Waals surface area contributed by atoms with E-state index in [0.29, 0.717) is 21.9 Å². The summed E-state index contributed by atoms with van der Waals surface area (Å²) in [5.74, 6) is 0.0252. The van der Waals surface area contributed by atoms with Gasteiger partial charge in [-0.05, 0) is 42.8 Å². The topological polar surface area (TPSA) is 104 Å². The summed E-state index contributed by atoms with van der Waals surface area (Å²) in [6.45, 7) is 1.56. The Morgan fingerprint density at radius 1 is 0.939 bits per heavy atom. The zero-order chi connectivity index (χ0) is 23.4. The molecule has 1 atom stereocenters. The number of esters is 1. The average molecular weight is 447 g/mol. The molecule has 1 heterocycles. The van der Waals surface area contributed by atoms with E-state index in [2.05, 4.69) is 5.32 Å². The largest absolute Gasteiger partial charge is 0.497 e. The summed E-state index contributed by atoms with van der Waals surface area (Å²) < 4.78 is 21.0. The number of alkyl carbamates (subject to hydrolysis) is 1. The lowest BCUT2D eigenvalue weighted by atomic mass is 10.1. The number of hydrogen-bond acceptors (Lipinski definition) is 7. The van der Waals surface area contributed by atoms with Gasteiger partial charge in [0, 0.05) is 16.8 Å². The molecule has 1 aromatic heterocycles. The van der Waals surface area contributed by atoms with E-state index in [1.54, 1.807) is 30.3 Å². The van der Waals surface area contributed by atoms with Gasteiger partial charge in [-0.25, -0.2) is 14.4 Å². The summed E-state index contributed by atoms with van der Waals surface area (Å²) in [5.41, 5.74) is 0.563. The molecule has 168 valence electrons. The van der Waals surface area contributed by atoms with Crippen molar-refractivity contribution in [1.29, 1.82) is 0 Å². The van der Waals surface area contributed by atoms with Crippen molar-refractivity contribution in [3.63, 3.8) is 0 Å². The van der Waals surface area contributed by atoms with Gasteiger partial charge in [-0.1, -0.05) is 30.3 Å². The van der Waals surface area contributed by atoms with Crippen molar-refractivity contribution in [2.75, 3.05) is 7.11 Å². The molecule has 0 radical (unpaired) electrons. The second-order valence-electron chi connectivity index (χ2n) is 7.31. The van der Waals surface area contributed by atoms with Crippen LogP contribution < -0.4 is 20.4 Å². The van der Waals surface area contributed by atoms with Crippen molar-refractivity contribution in [2.45, 2.75) is 19.6 Å². The number of amides is 1. The number of rotatable bonds is 6. The van der Waals surface area contributed by atoms with Gasteiger partial charge in [0.05, 0.1) is 12.5 Å². The van der Waals surface area contributed by atoms with Crippen molar-refractivity contribution in [2.24, 2.45) is 0 Å². The third-order valence-corrected chi connectivity index (χ3v) is 5.01. The summed E-state index contributed by atoms with van der Waals surface area (Å²) in [7, 11) is 1.52. The first kappa shape index (κ1) is 21.9. The number of fused-ring (bicyclic) bond motifs is 3. The molecule has 0 aliphatic carbocycles. The molecule has 0 bridgehead atoms. The molecule has 0 saturated carbocycles. The smallest absolute Gasteiger partial charge is 0.408 e. The van der Waals surface area contributed by atoms with Crippen LogP contribution in [-0.2, 0) is 16.1 Å². The number of benzene rings is 3. The van der Waals surface area contributed by atoms with Crippen molar-refractivity contribution >= 4 is 33.8 Å². The minimum atomic E-state index is -0.958. The number of hydrogen-bond donors (Lipinski definition) is 1. The number of ether oxygens (including phenoxy) is 3. The quantitative estimate of drug-likeness (QED) is 0.205. The normalized spacial score (nSPS) is 11.7. The maximum Gasteiger partial charge on any atom is 0.408 e. The van der Waals surface area contributed by atoms with E-state index in [0.717, 1.165) is 5.56 Å². The molecule has 3 aromatic carbocycles. The van der Waals surface area contributed by atoms with Crippen molar-refractivity contribution in [3.05, 3.63) is 82.7 Å². The Bertz CT molecular complexity index is 1380. The van der Waals surface area contributed by atoms with E-state index in [1.165, 1.54) is 20.1 Å². The molecule has 0 saturated heterocycles. The van der Waals surface area contributed by atoms with Crippen LogP contribution >= 0.6 is 0 Å². The summed E-state index contributed by atoms with van der Waals surface area (Å²) in [6, 6.07) is 18.1. The molecule has 1 unspecified atom stereocenters. The SMILES string of the molecule is COc1ccc2c(c1)c(=O)oc1cc(OC(=O)C(C)NC(=O)OCc3ccccc3)ccc12. The summed E-state index contributed by atoms with van der Waals surface area (Å²) >= 11 is 0. The first-order valence-corrected chi connectivity index (χ1v) is 10.2. The van der Waals surface area contributed by atoms with Gasteiger partial charge < -0.3 is 23.9 Å². The Balaban J connectivity index is 1.44. The molecule has 1 amide bonds. The Morgan fingerprint density at radius 3 is 2.42 bits per heavy atom. The molecule has 0 aliphatic heterocycles. The molecule has 8 nitrogen and oxygen atoms in total. The van der Waals surface area contributed by atoms with E-state index in [-0.39, 0.29) is 17.9 Å². The molecular weight excluding hydrogens is 426 g/mol. The fourth-order valence-electron chi connectivity index (χ4n) is 3.29. The minimum absolute atomic E-state index is 0.0813. The lowest BCUT2D eigenvalue weighted by molar-refractivity contribution is -0.136. The minimum Gasteiger partial charge on any atom is -0.497 e. The molecular formula is C25H21NO7. The van der Waals surface area contributed by atoms with Crippen LogP contribution in [0.1, 0.15) is 12.5 Å². The van der Waals surface area contributed by atoms with Crippen molar-refractivity contribution in [1.82, 2.24) is 5.32 Å². The lowest BCUT2D eigenvalue weighted by Crippen LogP contribution is -2.41. The van der Waals surface area contributed by atoms with Crippen molar-refractivity contribution in [3.8, 4) is 11.5 Å². The highest BCUT2D eigenvalue weighted by atomic mass is 16.6. The van der Waals surface area contributed by atoms with Crippen LogP contribution in [0.3, 0.4) is 0 Å². The zero-order valence-corrected chi connectivity index (χ0v) is 18.0. The number of nitrogens with one attached hydrogen (secondary N) is 1. The molecule has 0 fully saturated rings. The van der Waals surface area contributed by atoms with Gasteiger partial charge in [0.2, 0.25) is 0 Å². The van der Waals surface area contributed by atoms with Gasteiger partial charge in [-0.2, -0.15) is 0 Å². The first-order valence-electron chi connectivity index (χ1n) is 10.2. The van der Waals surface area contributed by atoms with Gasteiger partial charge in [-0.15, -0.1) is 0 Å². The van der Waals surface area contributed by atoms with Gasteiger partial charge in [0.25, 0.3) is 0 Å². The maximum atomic E-state index is 12.4. The average Bonchev–Trinajstić information content (AvgIpc) is 2.83. The lowest BCUT2D eigenvalue weighted by Gasteiger charge is -2.14. The monoisotopic (exact) mass is 447 g/mol. The molecule has 4 rings (SSSR count). The second-order valence-corrected chi connectivity index (χ2v) is 7.31. The second kappa shape index (κ2) is 9.44. The van der Waals surface area contributed by atoms with Crippen LogP contribution in [0.15, 0.2) is 75.9 Å². The number of carbonyl (C=O) groups is 2.